The summed E-state index contributed by atoms with van der Waals surface area (Å²) in [6, 6.07) is -2.84. The molecule has 15 heteroatoms. The van der Waals surface area contributed by atoms with Crippen molar-refractivity contribution in [2.75, 3.05) is 39.3 Å². The van der Waals surface area contributed by atoms with Crippen LogP contribution in [-0.2, 0) is 28.8 Å². The van der Waals surface area contributed by atoms with Crippen molar-refractivity contribution in [3.05, 3.63) is 0 Å². The molecular weight excluding hydrogens is 522 g/mol. The van der Waals surface area contributed by atoms with Crippen LogP contribution in [0.4, 0.5) is 0 Å². The van der Waals surface area contributed by atoms with Gasteiger partial charge in [-0.2, -0.15) is 0 Å². The number of guanidine groups is 1. The highest BCUT2D eigenvalue weighted by atomic mass is 16.2. The van der Waals surface area contributed by atoms with Gasteiger partial charge in [0.1, 0.15) is 24.4 Å². The number of carbonyl (C=O) groups excluding carboxylic acids is 6. The fourth-order valence-electron chi connectivity index (χ4n) is 5.64. The largest absolute Gasteiger partial charge is 0.345 e. The highest BCUT2D eigenvalue weighted by molar-refractivity contribution is 5.95. The first-order valence-electron chi connectivity index (χ1n) is 13.9. The van der Waals surface area contributed by atoms with E-state index in [1.54, 1.807) is 0 Å². The van der Waals surface area contributed by atoms with Gasteiger partial charge < -0.3 is 35.9 Å². The number of rotatable bonds is 12. The third-order valence-electron chi connectivity index (χ3n) is 7.69. The first kappa shape index (κ1) is 30.8. The first-order chi connectivity index (χ1) is 19.2. The molecule has 0 radical (unpaired) electrons. The molecule has 0 aliphatic carbocycles. The first-order valence-corrected chi connectivity index (χ1v) is 13.9. The maximum absolute atomic E-state index is 13.1. The summed E-state index contributed by atoms with van der Waals surface area (Å²) in [7, 11) is 0. The number of aldehydes is 1. The summed E-state index contributed by atoms with van der Waals surface area (Å²) in [4.78, 5) is 83.0. The Labute approximate surface area is 233 Å². The van der Waals surface area contributed by atoms with Crippen molar-refractivity contribution in [2.45, 2.75) is 75.5 Å². The molecule has 0 aromatic heterocycles. The summed E-state index contributed by atoms with van der Waals surface area (Å²) in [5.41, 5.74) is 16.3. The summed E-state index contributed by atoms with van der Waals surface area (Å²) in [6.45, 7) is 1.06. The van der Waals surface area contributed by atoms with Crippen LogP contribution in [0.5, 0.6) is 0 Å². The van der Waals surface area contributed by atoms with Crippen molar-refractivity contribution >= 4 is 41.8 Å². The smallest absolute Gasteiger partial charge is 0.338 e. The Bertz CT molecular complexity index is 1000. The SMILES string of the molecule is NCC(=O)N1CCC[C@H]1C(=O)N[C@@H](CCC[NH+]=C(N)N)C(=O)NCC(=O)N1CCC[C@H]1C(=O)N1CCC[C@H]1C=O. The van der Waals surface area contributed by atoms with Crippen LogP contribution >= 0.6 is 0 Å². The zero-order valence-corrected chi connectivity index (χ0v) is 22.8. The Kier molecular flexibility index (Phi) is 11.2. The van der Waals surface area contributed by atoms with E-state index in [9.17, 15) is 28.8 Å². The van der Waals surface area contributed by atoms with E-state index in [4.69, 9.17) is 17.2 Å². The number of hydrogen-bond donors (Lipinski definition) is 6. The van der Waals surface area contributed by atoms with Gasteiger partial charge in [0.25, 0.3) is 0 Å². The molecular formula is C25H42N9O6+. The lowest BCUT2D eigenvalue weighted by Crippen LogP contribution is -2.78. The molecule has 0 saturated carbocycles. The number of amides is 5. The van der Waals surface area contributed by atoms with Crippen LogP contribution in [0, 0.1) is 0 Å². The molecule has 3 aliphatic heterocycles. The molecule has 9 N–H and O–H groups in total. The lowest BCUT2D eigenvalue weighted by molar-refractivity contribution is -0.459. The van der Waals surface area contributed by atoms with E-state index in [-0.39, 0.29) is 37.3 Å². The second-order valence-electron chi connectivity index (χ2n) is 10.4. The molecule has 0 spiro atoms. The van der Waals surface area contributed by atoms with Gasteiger partial charge in [0.05, 0.1) is 25.7 Å². The van der Waals surface area contributed by atoms with E-state index in [2.05, 4.69) is 15.6 Å². The van der Waals surface area contributed by atoms with Gasteiger partial charge in [0.2, 0.25) is 29.5 Å². The summed E-state index contributed by atoms with van der Waals surface area (Å²) in [5, 5.41) is 5.32. The molecule has 0 aromatic carbocycles. The molecule has 3 fully saturated rings. The van der Waals surface area contributed by atoms with Crippen LogP contribution in [0.3, 0.4) is 0 Å². The Hall–Kier alpha value is -3.75. The minimum Gasteiger partial charge on any atom is -0.345 e. The molecule has 0 aromatic rings. The summed E-state index contributed by atoms with van der Waals surface area (Å²) >= 11 is 0. The van der Waals surface area contributed by atoms with E-state index in [0.717, 1.165) is 12.7 Å². The van der Waals surface area contributed by atoms with Crippen molar-refractivity contribution in [3.63, 3.8) is 0 Å². The molecule has 3 heterocycles. The van der Waals surface area contributed by atoms with Crippen LogP contribution in [0.25, 0.3) is 0 Å². The average Bonchev–Trinajstić information content (AvgIpc) is 3.72. The number of nitrogens with one attached hydrogen (secondary N) is 3. The van der Waals surface area contributed by atoms with E-state index >= 15 is 0 Å². The number of hydrogen-bond acceptors (Lipinski definition) is 7. The van der Waals surface area contributed by atoms with Crippen LogP contribution in [0.2, 0.25) is 0 Å². The van der Waals surface area contributed by atoms with Gasteiger partial charge in [-0.1, -0.05) is 0 Å². The number of likely N-dealkylation sites (tertiary alicyclic amines) is 3. The predicted molar refractivity (Wildman–Crippen MR) is 143 cm³/mol. The Morgan fingerprint density at radius 3 is 2.17 bits per heavy atom. The van der Waals surface area contributed by atoms with Crippen molar-refractivity contribution in [2.24, 2.45) is 17.2 Å². The molecule has 3 aliphatic rings. The zero-order chi connectivity index (χ0) is 29.2. The van der Waals surface area contributed by atoms with Crippen LogP contribution in [0.15, 0.2) is 0 Å². The van der Waals surface area contributed by atoms with Gasteiger partial charge in [0.15, 0.2) is 0 Å². The minimum atomic E-state index is -0.981. The van der Waals surface area contributed by atoms with E-state index in [1.165, 1.54) is 14.7 Å². The second-order valence-corrected chi connectivity index (χ2v) is 10.4. The van der Waals surface area contributed by atoms with Crippen molar-refractivity contribution < 1.29 is 33.8 Å². The van der Waals surface area contributed by atoms with Crippen LogP contribution in [-0.4, -0.2) is 120 Å². The molecule has 3 rings (SSSR count). The molecule has 4 atom stereocenters. The number of carbonyl (C=O) groups is 6. The Morgan fingerprint density at radius 1 is 0.900 bits per heavy atom. The maximum atomic E-state index is 13.1. The van der Waals surface area contributed by atoms with E-state index in [1.807, 2.05) is 0 Å². The monoisotopic (exact) mass is 564 g/mol. The van der Waals surface area contributed by atoms with Crippen LogP contribution < -0.4 is 32.8 Å². The van der Waals surface area contributed by atoms with Crippen molar-refractivity contribution in [3.8, 4) is 0 Å². The molecule has 222 valence electrons. The summed E-state index contributed by atoms with van der Waals surface area (Å²) < 4.78 is 0. The normalized spacial score (nSPS) is 23.0. The molecule has 0 bridgehead atoms. The topological polar surface area (TPSA) is 228 Å². The lowest BCUT2D eigenvalue weighted by atomic mass is 10.1. The summed E-state index contributed by atoms with van der Waals surface area (Å²) in [6.07, 6.45) is 5.00. The lowest BCUT2D eigenvalue weighted by Gasteiger charge is -2.30. The highest BCUT2D eigenvalue weighted by Gasteiger charge is 2.40. The molecule has 3 saturated heterocycles. The van der Waals surface area contributed by atoms with Gasteiger partial charge in [-0.15, -0.1) is 0 Å². The fourth-order valence-corrected chi connectivity index (χ4v) is 5.64. The molecule has 15 nitrogen and oxygen atoms in total. The maximum Gasteiger partial charge on any atom is 0.338 e. The van der Waals surface area contributed by atoms with Gasteiger partial charge in [-0.25, -0.2) is 0 Å². The average molecular weight is 565 g/mol. The Morgan fingerprint density at radius 2 is 1.52 bits per heavy atom. The van der Waals surface area contributed by atoms with Gasteiger partial charge >= 0.3 is 5.96 Å². The second kappa shape index (κ2) is 14.6. The van der Waals surface area contributed by atoms with Gasteiger partial charge in [-0.05, 0) is 51.4 Å². The quantitative estimate of drug-likeness (QED) is 0.0575. The Balaban J connectivity index is 1.61. The van der Waals surface area contributed by atoms with E-state index in [0.29, 0.717) is 64.7 Å². The third kappa shape index (κ3) is 7.67. The van der Waals surface area contributed by atoms with Crippen molar-refractivity contribution in [1.82, 2.24) is 25.3 Å². The van der Waals surface area contributed by atoms with Crippen LogP contribution in [0.1, 0.15) is 51.4 Å². The molecule has 5 amide bonds. The number of nitrogens with zero attached hydrogens (tertiary/aromatic N) is 3. The predicted octanol–water partition coefficient (Wildman–Crippen LogP) is -5.15. The van der Waals surface area contributed by atoms with Crippen molar-refractivity contribution in [1.29, 1.82) is 0 Å². The summed E-state index contributed by atoms with van der Waals surface area (Å²) in [5.74, 6) is -2.01. The third-order valence-corrected chi connectivity index (χ3v) is 7.69. The molecule has 0 unspecified atom stereocenters. The standard InChI is InChI=1S/C25H41N9O6/c26-13-20(36)33-11-3-7-18(33)23(39)31-17(6-1-9-29-25(27)28)22(38)30-14-21(37)34-12-4-8-19(34)24(40)32-10-2-5-16(32)15-35/h15-19H,1-14,26H2,(H,30,38)(H,31,39)(H4,27,28,29)/p+1/t16-,17-,18-,19-/m0/s1. The number of nitrogens with two attached hydrogens (primary N) is 3. The highest BCUT2D eigenvalue weighted by Crippen LogP contribution is 2.24. The van der Waals surface area contributed by atoms with E-state index < -0.39 is 41.9 Å². The minimum absolute atomic E-state index is 0.0284. The zero-order valence-electron chi connectivity index (χ0n) is 22.8. The van der Waals surface area contributed by atoms with Gasteiger partial charge in [0, 0.05) is 19.6 Å². The molecule has 40 heavy (non-hydrogen) atoms. The van der Waals surface area contributed by atoms with Gasteiger partial charge in [-0.3, -0.25) is 40.4 Å². The fraction of sp³-hybridized carbons (Fsp3) is 0.720.